The molecule has 210 valence electrons. The summed E-state index contributed by atoms with van der Waals surface area (Å²) in [7, 11) is 4.31. The van der Waals surface area contributed by atoms with E-state index in [-0.39, 0.29) is 24.1 Å². The number of hydrogen-bond acceptors (Lipinski definition) is 4. The highest BCUT2D eigenvalue weighted by Gasteiger charge is 2.42. The van der Waals surface area contributed by atoms with Gasteiger partial charge in [0.15, 0.2) is 0 Å². The summed E-state index contributed by atoms with van der Waals surface area (Å²) in [5.41, 5.74) is 0. The Hall–Kier alpha value is -1.67. The molecule has 0 spiro atoms. The number of unbranched alkanes of at least 4 members (excludes halogenated alkanes) is 10. The van der Waals surface area contributed by atoms with Crippen molar-refractivity contribution >= 4 is 23.8 Å². The number of carbonyl (C=O) groups is 2. The Morgan fingerprint density at radius 2 is 1.59 bits per heavy atom. The number of urea groups is 1. The van der Waals surface area contributed by atoms with Gasteiger partial charge in [-0.25, -0.2) is 4.79 Å². The van der Waals surface area contributed by atoms with Crippen LogP contribution in [0.3, 0.4) is 0 Å². The van der Waals surface area contributed by atoms with Gasteiger partial charge in [0.05, 0.1) is 32.7 Å². The highest BCUT2D eigenvalue weighted by Crippen LogP contribution is 2.33. The molecule has 3 heterocycles. The SMILES string of the molecule is C[N+](C)(CCCCCCCCCCCCn1cccc1)COC(=O)CCCC[C@@H]1SC[C@@H]2NC(=O)N[C@@H]21. The van der Waals surface area contributed by atoms with E-state index < -0.39 is 0 Å². The monoisotopic (exact) mass is 535 g/mol. The molecule has 2 fully saturated rings. The number of ether oxygens (including phenoxy) is 1. The van der Waals surface area contributed by atoms with E-state index in [9.17, 15) is 9.59 Å². The first kappa shape index (κ1) is 29.9. The molecule has 0 aliphatic carbocycles. The van der Waals surface area contributed by atoms with Crippen molar-refractivity contribution in [2.75, 3.05) is 33.1 Å². The van der Waals surface area contributed by atoms with Crippen molar-refractivity contribution < 1.29 is 18.8 Å². The molecule has 1 aromatic heterocycles. The molecule has 8 heteroatoms. The minimum absolute atomic E-state index is 0.0364. The number of thioether (sulfide) groups is 1. The number of aromatic nitrogens is 1. The lowest BCUT2D eigenvalue weighted by Crippen LogP contribution is -2.43. The highest BCUT2D eigenvalue weighted by atomic mass is 32.2. The quantitative estimate of drug-likeness (QED) is 0.0740. The highest BCUT2D eigenvalue weighted by molar-refractivity contribution is 8.00. The second-order valence-corrected chi connectivity index (χ2v) is 12.9. The zero-order valence-corrected chi connectivity index (χ0v) is 24.1. The van der Waals surface area contributed by atoms with Gasteiger partial charge in [-0.2, -0.15) is 11.8 Å². The number of nitrogens with one attached hydrogen (secondary N) is 2. The van der Waals surface area contributed by atoms with Gasteiger partial charge < -0.3 is 19.9 Å². The van der Waals surface area contributed by atoms with Gasteiger partial charge >= 0.3 is 12.0 Å². The van der Waals surface area contributed by atoms with Crippen LogP contribution in [0.15, 0.2) is 24.5 Å². The zero-order chi connectivity index (χ0) is 26.3. The fourth-order valence-electron chi connectivity index (χ4n) is 5.41. The standard InChI is InChI=1S/C29H50N4O3S/c1-33(2,22-16-10-8-6-4-3-5-7-9-13-19-32-20-14-15-21-32)24-36-27(34)18-12-11-17-26-28-25(23-37-26)30-29(35)31-28/h14-15,20-21,25-26,28H,3-13,16-19,22-24H2,1-2H3,(H-,30,31,35)/p+1/t25-,26-,28-/m0/s1. The van der Waals surface area contributed by atoms with E-state index in [0.717, 1.165) is 42.6 Å². The Morgan fingerprint density at radius 3 is 2.30 bits per heavy atom. The average Bonchev–Trinajstić information content (AvgIpc) is 3.60. The topological polar surface area (TPSA) is 72.4 Å². The number of amides is 2. The molecule has 0 aromatic carbocycles. The summed E-state index contributed by atoms with van der Waals surface area (Å²) in [6.07, 6.45) is 20.9. The van der Waals surface area contributed by atoms with Gasteiger partial charge in [-0.3, -0.25) is 9.28 Å². The Bertz CT molecular complexity index is 786. The van der Waals surface area contributed by atoms with Crippen molar-refractivity contribution in [1.29, 1.82) is 0 Å². The van der Waals surface area contributed by atoms with Crippen LogP contribution in [0.25, 0.3) is 0 Å². The molecule has 2 N–H and O–H groups in total. The van der Waals surface area contributed by atoms with Gasteiger partial charge in [-0.15, -0.1) is 0 Å². The summed E-state index contributed by atoms with van der Waals surface area (Å²) < 4.78 is 8.60. The van der Waals surface area contributed by atoms with Crippen molar-refractivity contribution in [3.8, 4) is 0 Å². The van der Waals surface area contributed by atoms with Crippen LogP contribution in [0.2, 0.25) is 0 Å². The van der Waals surface area contributed by atoms with Crippen LogP contribution in [-0.2, 0) is 16.1 Å². The minimum Gasteiger partial charge on any atom is -0.415 e. The molecule has 3 atom stereocenters. The van der Waals surface area contributed by atoms with E-state index >= 15 is 0 Å². The van der Waals surface area contributed by atoms with E-state index in [1.807, 2.05) is 11.8 Å². The Morgan fingerprint density at radius 1 is 0.946 bits per heavy atom. The van der Waals surface area contributed by atoms with E-state index in [0.29, 0.717) is 18.4 Å². The number of hydrogen-bond donors (Lipinski definition) is 2. The van der Waals surface area contributed by atoms with Crippen LogP contribution in [0.5, 0.6) is 0 Å². The van der Waals surface area contributed by atoms with Gasteiger partial charge in [-0.05, 0) is 44.2 Å². The molecule has 2 saturated heterocycles. The zero-order valence-electron chi connectivity index (χ0n) is 23.3. The van der Waals surface area contributed by atoms with Crippen LogP contribution in [0.4, 0.5) is 4.79 Å². The molecule has 1 aromatic rings. The fraction of sp³-hybridized carbons (Fsp3) is 0.793. The summed E-state index contributed by atoms with van der Waals surface area (Å²) in [5.74, 6) is 0.905. The first-order valence-electron chi connectivity index (χ1n) is 14.7. The third-order valence-corrected chi connectivity index (χ3v) is 9.24. The smallest absolute Gasteiger partial charge is 0.315 e. The summed E-state index contributed by atoms with van der Waals surface area (Å²) in [5, 5.41) is 6.47. The molecular weight excluding hydrogens is 484 g/mol. The fourth-order valence-corrected chi connectivity index (χ4v) is 6.95. The summed E-state index contributed by atoms with van der Waals surface area (Å²) in [6.45, 7) is 2.67. The molecule has 0 saturated carbocycles. The third-order valence-electron chi connectivity index (χ3n) is 7.73. The predicted octanol–water partition coefficient (Wildman–Crippen LogP) is 5.69. The molecule has 2 aliphatic heterocycles. The van der Waals surface area contributed by atoms with Gasteiger partial charge in [0.1, 0.15) is 0 Å². The lowest BCUT2D eigenvalue weighted by Gasteiger charge is -2.28. The van der Waals surface area contributed by atoms with E-state index in [1.165, 1.54) is 64.2 Å². The number of aryl methyl sites for hydroxylation is 1. The predicted molar refractivity (Wildman–Crippen MR) is 152 cm³/mol. The maximum absolute atomic E-state index is 12.2. The van der Waals surface area contributed by atoms with Gasteiger partial charge in [0.2, 0.25) is 6.73 Å². The molecule has 7 nitrogen and oxygen atoms in total. The number of rotatable bonds is 20. The number of carbonyl (C=O) groups excluding carboxylic acids is 2. The normalized spacial score (nSPS) is 21.0. The van der Waals surface area contributed by atoms with Crippen molar-refractivity contribution in [2.24, 2.45) is 0 Å². The Balaban J connectivity index is 1.08. The summed E-state index contributed by atoms with van der Waals surface area (Å²) in [6, 6.07) is 4.68. The summed E-state index contributed by atoms with van der Waals surface area (Å²) >= 11 is 1.93. The molecule has 0 bridgehead atoms. The Labute approximate surface area is 229 Å². The molecule has 2 amide bonds. The molecule has 37 heavy (non-hydrogen) atoms. The van der Waals surface area contributed by atoms with Crippen LogP contribution in [-0.4, -0.2) is 71.5 Å². The van der Waals surface area contributed by atoms with Crippen molar-refractivity contribution in [1.82, 2.24) is 15.2 Å². The van der Waals surface area contributed by atoms with Crippen LogP contribution >= 0.6 is 11.8 Å². The number of fused-ring (bicyclic) bond motifs is 1. The second-order valence-electron chi connectivity index (χ2n) is 11.6. The summed E-state index contributed by atoms with van der Waals surface area (Å²) in [4.78, 5) is 23.7. The lowest BCUT2D eigenvalue weighted by atomic mass is 10.0. The van der Waals surface area contributed by atoms with Crippen LogP contribution in [0.1, 0.15) is 89.9 Å². The van der Waals surface area contributed by atoms with Crippen LogP contribution in [0, 0.1) is 0 Å². The maximum atomic E-state index is 12.2. The Kier molecular flexibility index (Phi) is 13.2. The van der Waals surface area contributed by atoms with E-state index in [1.54, 1.807) is 0 Å². The number of esters is 1. The average molecular weight is 536 g/mol. The minimum atomic E-state index is -0.0799. The van der Waals surface area contributed by atoms with Crippen LogP contribution < -0.4 is 10.6 Å². The van der Waals surface area contributed by atoms with Gasteiger partial charge in [-0.1, -0.05) is 51.4 Å². The van der Waals surface area contributed by atoms with Crippen molar-refractivity contribution in [2.45, 2.75) is 114 Å². The molecular formula is C29H51N4O3S+. The van der Waals surface area contributed by atoms with Crippen molar-refractivity contribution in [3.05, 3.63) is 24.5 Å². The van der Waals surface area contributed by atoms with Gasteiger partial charge in [0.25, 0.3) is 0 Å². The molecule has 3 rings (SSSR count). The maximum Gasteiger partial charge on any atom is 0.315 e. The molecule has 0 unspecified atom stereocenters. The number of quaternary nitrogens is 1. The van der Waals surface area contributed by atoms with Crippen molar-refractivity contribution in [3.63, 3.8) is 0 Å². The number of nitrogens with zero attached hydrogens (tertiary/aromatic N) is 2. The largest absolute Gasteiger partial charge is 0.415 e. The molecule has 0 radical (unpaired) electrons. The molecule has 2 aliphatic rings. The van der Waals surface area contributed by atoms with E-state index in [4.69, 9.17) is 4.74 Å². The first-order chi connectivity index (χ1) is 17.9. The third kappa shape index (κ3) is 11.7. The second kappa shape index (κ2) is 16.3. The first-order valence-corrected chi connectivity index (χ1v) is 15.7. The lowest BCUT2D eigenvalue weighted by molar-refractivity contribution is -0.907. The van der Waals surface area contributed by atoms with Gasteiger partial charge in [0, 0.05) is 36.4 Å². The van der Waals surface area contributed by atoms with E-state index in [2.05, 4.69) is 53.8 Å².